The third kappa shape index (κ3) is 1.36. The second-order valence-electron chi connectivity index (χ2n) is 3.80. The summed E-state index contributed by atoms with van der Waals surface area (Å²) in [6.45, 7) is 3.14. The molecule has 2 rings (SSSR count). The highest BCUT2D eigenvalue weighted by Gasteiger charge is 2.31. The van der Waals surface area contributed by atoms with E-state index in [2.05, 4.69) is 9.55 Å². The van der Waals surface area contributed by atoms with Crippen molar-refractivity contribution in [2.75, 3.05) is 6.54 Å². The molecular formula is C9H15N3O. The van der Waals surface area contributed by atoms with Crippen LogP contribution in [0.25, 0.3) is 0 Å². The second-order valence-corrected chi connectivity index (χ2v) is 3.80. The molecule has 13 heavy (non-hydrogen) atoms. The predicted molar refractivity (Wildman–Crippen MR) is 49.3 cm³/mol. The Labute approximate surface area is 77.4 Å². The SMILES string of the molecule is Cc1ncc2n1CCC(O)(CN)C2. The fourth-order valence-corrected chi connectivity index (χ4v) is 1.88. The number of aryl methyl sites for hydroxylation is 1. The number of nitrogens with zero attached hydrogens (tertiary/aromatic N) is 2. The number of aromatic nitrogens is 2. The monoisotopic (exact) mass is 181 g/mol. The van der Waals surface area contributed by atoms with Crippen molar-refractivity contribution in [1.29, 1.82) is 0 Å². The Morgan fingerprint density at radius 1 is 1.77 bits per heavy atom. The number of rotatable bonds is 1. The van der Waals surface area contributed by atoms with E-state index in [1.165, 1.54) is 0 Å². The topological polar surface area (TPSA) is 64.1 Å². The number of fused-ring (bicyclic) bond motifs is 1. The first kappa shape index (κ1) is 8.72. The fourth-order valence-electron chi connectivity index (χ4n) is 1.88. The van der Waals surface area contributed by atoms with Crippen molar-refractivity contribution in [3.63, 3.8) is 0 Å². The van der Waals surface area contributed by atoms with E-state index in [9.17, 15) is 5.11 Å². The van der Waals surface area contributed by atoms with Gasteiger partial charge in [-0.1, -0.05) is 0 Å². The summed E-state index contributed by atoms with van der Waals surface area (Å²) in [5.41, 5.74) is 5.91. The summed E-state index contributed by atoms with van der Waals surface area (Å²) < 4.78 is 2.14. The van der Waals surface area contributed by atoms with Crippen LogP contribution in [0.4, 0.5) is 0 Å². The molecule has 0 spiro atoms. The van der Waals surface area contributed by atoms with Crippen LogP contribution in [0.15, 0.2) is 6.20 Å². The highest BCUT2D eigenvalue weighted by Crippen LogP contribution is 2.24. The van der Waals surface area contributed by atoms with Gasteiger partial charge in [0, 0.05) is 31.4 Å². The van der Waals surface area contributed by atoms with Crippen LogP contribution in [0.1, 0.15) is 17.9 Å². The Morgan fingerprint density at radius 2 is 2.54 bits per heavy atom. The maximum Gasteiger partial charge on any atom is 0.105 e. The molecule has 72 valence electrons. The van der Waals surface area contributed by atoms with Crippen LogP contribution in [0, 0.1) is 6.92 Å². The molecule has 4 nitrogen and oxygen atoms in total. The number of hydrogen-bond donors (Lipinski definition) is 2. The van der Waals surface area contributed by atoms with Gasteiger partial charge in [-0.2, -0.15) is 0 Å². The molecule has 0 radical (unpaired) electrons. The number of imidazole rings is 1. The molecule has 0 bridgehead atoms. The predicted octanol–water partition coefficient (Wildman–Crippen LogP) is -0.172. The minimum atomic E-state index is -0.706. The number of aliphatic hydroxyl groups is 1. The third-order valence-corrected chi connectivity index (χ3v) is 2.83. The van der Waals surface area contributed by atoms with Crippen molar-refractivity contribution in [2.24, 2.45) is 5.73 Å². The molecule has 2 heterocycles. The number of nitrogens with two attached hydrogens (primary N) is 1. The van der Waals surface area contributed by atoms with Crippen molar-refractivity contribution >= 4 is 0 Å². The molecule has 0 aromatic carbocycles. The van der Waals surface area contributed by atoms with E-state index in [0.717, 1.165) is 24.5 Å². The van der Waals surface area contributed by atoms with Gasteiger partial charge in [0.15, 0.2) is 0 Å². The summed E-state index contributed by atoms with van der Waals surface area (Å²) >= 11 is 0. The summed E-state index contributed by atoms with van der Waals surface area (Å²) in [6.07, 6.45) is 3.19. The van der Waals surface area contributed by atoms with E-state index >= 15 is 0 Å². The van der Waals surface area contributed by atoms with Gasteiger partial charge in [-0.3, -0.25) is 0 Å². The standard InChI is InChI=1S/C9H15N3O/c1-7-11-5-8-4-9(13,6-10)2-3-12(7)8/h5,13H,2-4,6,10H2,1H3. The molecule has 1 unspecified atom stereocenters. The van der Waals surface area contributed by atoms with Gasteiger partial charge in [0.25, 0.3) is 0 Å². The van der Waals surface area contributed by atoms with Crippen LogP contribution in [-0.2, 0) is 13.0 Å². The van der Waals surface area contributed by atoms with E-state index in [-0.39, 0.29) is 0 Å². The lowest BCUT2D eigenvalue weighted by Gasteiger charge is -2.32. The van der Waals surface area contributed by atoms with Crippen molar-refractivity contribution < 1.29 is 5.11 Å². The van der Waals surface area contributed by atoms with Gasteiger partial charge in [-0.05, 0) is 13.3 Å². The van der Waals surface area contributed by atoms with Gasteiger partial charge in [-0.25, -0.2) is 4.98 Å². The lowest BCUT2D eigenvalue weighted by atomic mass is 9.91. The highest BCUT2D eigenvalue weighted by atomic mass is 16.3. The van der Waals surface area contributed by atoms with Crippen LogP contribution in [-0.4, -0.2) is 26.8 Å². The van der Waals surface area contributed by atoms with Gasteiger partial charge < -0.3 is 15.4 Å². The first-order valence-electron chi connectivity index (χ1n) is 4.58. The van der Waals surface area contributed by atoms with Gasteiger partial charge in [0.05, 0.1) is 5.60 Å². The number of hydrogen-bond acceptors (Lipinski definition) is 3. The maximum absolute atomic E-state index is 9.97. The Morgan fingerprint density at radius 3 is 3.23 bits per heavy atom. The van der Waals surface area contributed by atoms with E-state index < -0.39 is 5.60 Å². The molecule has 1 aromatic rings. The molecule has 4 heteroatoms. The first-order valence-corrected chi connectivity index (χ1v) is 4.58. The zero-order chi connectivity index (χ0) is 9.47. The van der Waals surface area contributed by atoms with Crippen LogP contribution in [0.3, 0.4) is 0 Å². The van der Waals surface area contributed by atoms with Crippen LogP contribution >= 0.6 is 0 Å². The van der Waals surface area contributed by atoms with Gasteiger partial charge in [0.1, 0.15) is 5.82 Å². The molecule has 1 aliphatic rings. The quantitative estimate of drug-likeness (QED) is 0.632. The van der Waals surface area contributed by atoms with E-state index in [4.69, 9.17) is 5.73 Å². The van der Waals surface area contributed by atoms with E-state index in [0.29, 0.717) is 13.0 Å². The van der Waals surface area contributed by atoms with Crippen molar-refractivity contribution in [1.82, 2.24) is 9.55 Å². The third-order valence-electron chi connectivity index (χ3n) is 2.83. The van der Waals surface area contributed by atoms with Gasteiger partial charge in [-0.15, -0.1) is 0 Å². The molecule has 1 atom stereocenters. The zero-order valence-corrected chi connectivity index (χ0v) is 7.82. The average molecular weight is 181 g/mol. The molecule has 3 N–H and O–H groups in total. The lowest BCUT2D eigenvalue weighted by molar-refractivity contribution is 0.0240. The molecule has 0 aliphatic carbocycles. The summed E-state index contributed by atoms with van der Waals surface area (Å²) in [5, 5.41) is 9.97. The van der Waals surface area contributed by atoms with E-state index in [1.807, 2.05) is 13.1 Å². The molecule has 1 aromatic heterocycles. The molecule has 0 fully saturated rings. The first-order chi connectivity index (χ1) is 6.14. The molecule has 0 amide bonds. The Hall–Kier alpha value is -0.870. The van der Waals surface area contributed by atoms with Crippen LogP contribution < -0.4 is 5.73 Å². The second kappa shape index (κ2) is 2.82. The summed E-state index contributed by atoms with van der Waals surface area (Å²) in [5.74, 6) is 1.02. The minimum absolute atomic E-state index is 0.331. The summed E-state index contributed by atoms with van der Waals surface area (Å²) in [6, 6.07) is 0. The Balaban J connectivity index is 2.30. The van der Waals surface area contributed by atoms with Gasteiger partial charge >= 0.3 is 0 Å². The molecule has 0 saturated carbocycles. The highest BCUT2D eigenvalue weighted by molar-refractivity contribution is 5.11. The molecule has 0 saturated heterocycles. The van der Waals surface area contributed by atoms with Crippen molar-refractivity contribution in [3.05, 3.63) is 17.7 Å². The minimum Gasteiger partial charge on any atom is -0.388 e. The zero-order valence-electron chi connectivity index (χ0n) is 7.82. The van der Waals surface area contributed by atoms with Gasteiger partial charge in [0.2, 0.25) is 0 Å². The van der Waals surface area contributed by atoms with Crippen LogP contribution in [0.2, 0.25) is 0 Å². The fraction of sp³-hybridized carbons (Fsp3) is 0.667. The Kier molecular flexibility index (Phi) is 1.89. The average Bonchev–Trinajstić information content (AvgIpc) is 2.47. The lowest BCUT2D eigenvalue weighted by Crippen LogP contribution is -2.44. The smallest absolute Gasteiger partial charge is 0.105 e. The normalized spacial score (nSPS) is 27.3. The molecular weight excluding hydrogens is 166 g/mol. The van der Waals surface area contributed by atoms with Crippen molar-refractivity contribution in [3.8, 4) is 0 Å². The molecule has 1 aliphatic heterocycles. The van der Waals surface area contributed by atoms with E-state index in [1.54, 1.807) is 0 Å². The summed E-state index contributed by atoms with van der Waals surface area (Å²) in [4.78, 5) is 4.21. The maximum atomic E-state index is 9.97. The largest absolute Gasteiger partial charge is 0.388 e. The Bertz CT molecular complexity index is 321. The van der Waals surface area contributed by atoms with Crippen molar-refractivity contribution in [2.45, 2.75) is 31.9 Å². The van der Waals surface area contributed by atoms with Crippen LogP contribution in [0.5, 0.6) is 0 Å². The summed E-state index contributed by atoms with van der Waals surface area (Å²) in [7, 11) is 0.